The van der Waals surface area contributed by atoms with Crippen molar-refractivity contribution in [2.24, 2.45) is 5.92 Å². The van der Waals surface area contributed by atoms with Crippen molar-refractivity contribution in [3.8, 4) is 11.4 Å². The number of carbonyl (C=O) groups excluding carboxylic acids is 1. The van der Waals surface area contributed by atoms with E-state index in [9.17, 15) is 9.18 Å². The number of aryl methyl sites for hydroxylation is 1. The summed E-state index contributed by atoms with van der Waals surface area (Å²) in [7, 11) is 0. The zero-order chi connectivity index (χ0) is 21.5. The molecule has 1 saturated heterocycles. The number of amides is 1. The number of nitrogens with zero attached hydrogens (tertiary/aromatic N) is 3. The predicted molar refractivity (Wildman–Crippen MR) is 120 cm³/mol. The van der Waals surface area contributed by atoms with Gasteiger partial charge in [0.25, 0.3) is 0 Å². The summed E-state index contributed by atoms with van der Waals surface area (Å²) < 4.78 is 13.2. The SMILES string of the molecule is O=C(NCCCc1ccccc1)[C@@H]1CCCN(c2ccnc(-c3ccc(F)cc3)n2)C1. The summed E-state index contributed by atoms with van der Waals surface area (Å²) in [6, 6.07) is 18.4. The zero-order valence-electron chi connectivity index (χ0n) is 17.5. The number of anilines is 1. The van der Waals surface area contributed by atoms with E-state index in [1.165, 1.54) is 17.7 Å². The molecular formula is C25H27FN4O. The van der Waals surface area contributed by atoms with Crippen LogP contribution in [0, 0.1) is 11.7 Å². The second kappa shape index (κ2) is 10.2. The normalized spacial score (nSPS) is 16.2. The van der Waals surface area contributed by atoms with E-state index >= 15 is 0 Å². The van der Waals surface area contributed by atoms with Crippen molar-refractivity contribution in [3.63, 3.8) is 0 Å². The van der Waals surface area contributed by atoms with Gasteiger partial charge >= 0.3 is 0 Å². The first-order chi connectivity index (χ1) is 15.2. The van der Waals surface area contributed by atoms with Crippen LogP contribution in [0.2, 0.25) is 0 Å². The number of halogens is 1. The summed E-state index contributed by atoms with van der Waals surface area (Å²) >= 11 is 0. The molecule has 1 aliphatic rings. The van der Waals surface area contributed by atoms with Crippen LogP contribution in [-0.4, -0.2) is 35.5 Å². The second-order valence-electron chi connectivity index (χ2n) is 7.91. The van der Waals surface area contributed by atoms with Crippen molar-refractivity contribution in [2.75, 3.05) is 24.5 Å². The number of hydrogen-bond donors (Lipinski definition) is 1. The van der Waals surface area contributed by atoms with Gasteiger partial charge in [0, 0.05) is 31.4 Å². The fraction of sp³-hybridized carbons (Fsp3) is 0.320. The third kappa shape index (κ3) is 5.66. The largest absolute Gasteiger partial charge is 0.356 e. The van der Waals surface area contributed by atoms with Crippen LogP contribution in [0.15, 0.2) is 66.9 Å². The van der Waals surface area contributed by atoms with E-state index in [-0.39, 0.29) is 17.6 Å². The molecule has 0 saturated carbocycles. The van der Waals surface area contributed by atoms with Gasteiger partial charge in [-0.2, -0.15) is 0 Å². The standard InChI is InChI=1S/C25H27FN4O/c26-22-12-10-20(11-13-22)24-27-16-14-23(29-24)30-17-5-9-21(18-30)25(31)28-15-4-8-19-6-2-1-3-7-19/h1-3,6-7,10-14,16,21H,4-5,8-9,15,17-18H2,(H,28,31)/t21-/m1/s1. The van der Waals surface area contributed by atoms with Crippen molar-refractivity contribution in [3.05, 3.63) is 78.2 Å². The van der Waals surface area contributed by atoms with Crippen LogP contribution in [-0.2, 0) is 11.2 Å². The molecule has 1 fully saturated rings. The van der Waals surface area contributed by atoms with Gasteiger partial charge in [0.2, 0.25) is 5.91 Å². The molecule has 0 aliphatic carbocycles. The van der Waals surface area contributed by atoms with E-state index in [1.807, 2.05) is 24.3 Å². The van der Waals surface area contributed by atoms with E-state index < -0.39 is 0 Å². The molecule has 0 bridgehead atoms. The molecule has 1 aromatic heterocycles. The molecule has 160 valence electrons. The van der Waals surface area contributed by atoms with Gasteiger partial charge in [0.05, 0.1) is 5.92 Å². The van der Waals surface area contributed by atoms with Gasteiger partial charge in [-0.1, -0.05) is 30.3 Å². The summed E-state index contributed by atoms with van der Waals surface area (Å²) in [5.41, 5.74) is 2.06. The maximum atomic E-state index is 13.2. The first kappa shape index (κ1) is 21.0. The van der Waals surface area contributed by atoms with Crippen molar-refractivity contribution < 1.29 is 9.18 Å². The van der Waals surface area contributed by atoms with Gasteiger partial charge in [-0.15, -0.1) is 0 Å². The maximum absolute atomic E-state index is 13.2. The first-order valence-electron chi connectivity index (χ1n) is 10.8. The Hall–Kier alpha value is -3.28. The Morgan fingerprint density at radius 2 is 1.90 bits per heavy atom. The lowest BCUT2D eigenvalue weighted by molar-refractivity contribution is -0.125. The van der Waals surface area contributed by atoms with Gasteiger partial charge < -0.3 is 10.2 Å². The number of nitrogens with one attached hydrogen (secondary N) is 1. The minimum Gasteiger partial charge on any atom is -0.356 e. The Labute approximate surface area is 182 Å². The minimum atomic E-state index is -0.284. The lowest BCUT2D eigenvalue weighted by Crippen LogP contribution is -2.43. The Morgan fingerprint density at radius 3 is 2.71 bits per heavy atom. The Morgan fingerprint density at radius 1 is 1.10 bits per heavy atom. The first-order valence-corrected chi connectivity index (χ1v) is 10.8. The molecule has 3 aromatic rings. The van der Waals surface area contributed by atoms with Crippen LogP contribution in [0.3, 0.4) is 0 Å². The van der Waals surface area contributed by atoms with Crippen molar-refractivity contribution in [1.29, 1.82) is 0 Å². The highest BCUT2D eigenvalue weighted by atomic mass is 19.1. The molecule has 6 heteroatoms. The molecule has 1 atom stereocenters. The van der Waals surface area contributed by atoms with Gasteiger partial charge in [0.15, 0.2) is 5.82 Å². The van der Waals surface area contributed by atoms with Crippen molar-refractivity contribution in [2.45, 2.75) is 25.7 Å². The molecule has 4 rings (SSSR count). The molecule has 31 heavy (non-hydrogen) atoms. The lowest BCUT2D eigenvalue weighted by Gasteiger charge is -2.33. The van der Waals surface area contributed by atoms with Gasteiger partial charge in [-0.3, -0.25) is 4.79 Å². The number of hydrogen-bond acceptors (Lipinski definition) is 4. The summed E-state index contributed by atoms with van der Waals surface area (Å²) in [5.74, 6) is 1.15. The third-order valence-corrected chi connectivity index (χ3v) is 5.64. The van der Waals surface area contributed by atoms with E-state index in [2.05, 4.69) is 32.3 Å². The molecule has 0 radical (unpaired) electrons. The average molecular weight is 419 g/mol. The van der Waals surface area contributed by atoms with Gasteiger partial charge in [-0.05, 0) is 61.6 Å². The highest BCUT2D eigenvalue weighted by Crippen LogP contribution is 2.24. The van der Waals surface area contributed by atoms with Crippen molar-refractivity contribution >= 4 is 11.7 Å². The number of aromatic nitrogens is 2. The Balaban J connectivity index is 1.32. The maximum Gasteiger partial charge on any atom is 0.224 e. The highest BCUT2D eigenvalue weighted by molar-refractivity contribution is 5.79. The Bertz CT molecular complexity index is 994. The van der Waals surface area contributed by atoms with Crippen LogP contribution in [0.1, 0.15) is 24.8 Å². The van der Waals surface area contributed by atoms with E-state index in [4.69, 9.17) is 0 Å². The summed E-state index contributed by atoms with van der Waals surface area (Å²) in [4.78, 5) is 23.8. The van der Waals surface area contributed by atoms with E-state index in [0.29, 0.717) is 18.9 Å². The summed E-state index contributed by atoms with van der Waals surface area (Å²) in [6.07, 6.45) is 5.44. The minimum absolute atomic E-state index is 0.0466. The van der Waals surface area contributed by atoms with E-state index in [0.717, 1.165) is 43.6 Å². The molecule has 1 N–H and O–H groups in total. The number of rotatable bonds is 7. The lowest BCUT2D eigenvalue weighted by atomic mass is 9.97. The predicted octanol–water partition coefficient (Wildman–Crippen LogP) is 4.25. The van der Waals surface area contributed by atoms with Crippen LogP contribution < -0.4 is 10.2 Å². The fourth-order valence-electron chi connectivity index (χ4n) is 3.96. The molecule has 0 unspecified atom stereocenters. The zero-order valence-corrected chi connectivity index (χ0v) is 17.5. The highest BCUT2D eigenvalue weighted by Gasteiger charge is 2.26. The van der Waals surface area contributed by atoms with Crippen LogP contribution in [0.4, 0.5) is 10.2 Å². The van der Waals surface area contributed by atoms with Gasteiger partial charge in [0.1, 0.15) is 11.6 Å². The molecule has 2 heterocycles. The van der Waals surface area contributed by atoms with Crippen LogP contribution in [0.25, 0.3) is 11.4 Å². The van der Waals surface area contributed by atoms with Gasteiger partial charge in [-0.25, -0.2) is 14.4 Å². The number of benzene rings is 2. The van der Waals surface area contributed by atoms with E-state index in [1.54, 1.807) is 18.3 Å². The monoisotopic (exact) mass is 418 g/mol. The summed E-state index contributed by atoms with van der Waals surface area (Å²) in [5, 5.41) is 3.10. The molecule has 0 spiro atoms. The van der Waals surface area contributed by atoms with Crippen LogP contribution in [0.5, 0.6) is 0 Å². The molecule has 1 amide bonds. The molecule has 5 nitrogen and oxygen atoms in total. The van der Waals surface area contributed by atoms with Crippen molar-refractivity contribution in [1.82, 2.24) is 15.3 Å². The Kier molecular flexibility index (Phi) is 6.87. The smallest absolute Gasteiger partial charge is 0.224 e. The molecule has 1 aliphatic heterocycles. The second-order valence-corrected chi connectivity index (χ2v) is 7.91. The number of carbonyl (C=O) groups is 1. The topological polar surface area (TPSA) is 58.1 Å². The average Bonchev–Trinajstić information content (AvgIpc) is 2.83. The quantitative estimate of drug-likeness (QED) is 0.583. The fourth-order valence-corrected chi connectivity index (χ4v) is 3.96. The molecular weight excluding hydrogens is 391 g/mol. The summed E-state index contributed by atoms with van der Waals surface area (Å²) in [6.45, 7) is 2.19. The third-order valence-electron chi connectivity index (χ3n) is 5.64. The molecule has 2 aromatic carbocycles. The number of piperidine rings is 1. The van der Waals surface area contributed by atoms with Crippen LogP contribution >= 0.6 is 0 Å².